The summed E-state index contributed by atoms with van der Waals surface area (Å²) < 4.78 is 27.2. The Balaban J connectivity index is 1.75. The molecular weight excluding hydrogens is 617 g/mol. The quantitative estimate of drug-likeness (QED) is 0.228. The highest BCUT2D eigenvalue weighted by Crippen LogP contribution is 2.29. The fourth-order valence-corrected chi connectivity index (χ4v) is 6.96. The maximum absolute atomic E-state index is 14.4. The van der Waals surface area contributed by atoms with Gasteiger partial charge in [0.05, 0.1) is 11.9 Å². The zero-order valence-corrected chi connectivity index (χ0v) is 27.8. The predicted octanol–water partition coefficient (Wildman–Crippen LogP) is 6.97. The van der Waals surface area contributed by atoms with Crippen LogP contribution < -0.4 is 9.62 Å². The van der Waals surface area contributed by atoms with Gasteiger partial charge in [-0.1, -0.05) is 105 Å². The summed E-state index contributed by atoms with van der Waals surface area (Å²) in [5, 5.41) is 3.90. The van der Waals surface area contributed by atoms with E-state index in [-0.39, 0.29) is 30.8 Å². The molecule has 4 rings (SSSR count). The number of nitrogens with zero attached hydrogens (tertiary/aromatic N) is 2. The first-order valence-corrected chi connectivity index (χ1v) is 17.7. The normalized spacial score (nSPS) is 14.7. The largest absolute Gasteiger partial charge is 0.352 e. The molecule has 1 aliphatic carbocycles. The van der Waals surface area contributed by atoms with Crippen LogP contribution >= 0.6 is 23.2 Å². The van der Waals surface area contributed by atoms with E-state index in [9.17, 15) is 18.0 Å². The Morgan fingerprint density at radius 2 is 1.50 bits per heavy atom. The summed E-state index contributed by atoms with van der Waals surface area (Å²) in [6.45, 7) is 3.53. The number of carbonyl (C=O) groups excluding carboxylic acids is 2. The third-order valence-electron chi connectivity index (χ3n) is 8.14. The summed E-state index contributed by atoms with van der Waals surface area (Å²) in [6.07, 6.45) is 6.26. The molecule has 10 heteroatoms. The molecule has 0 saturated heterocycles. The van der Waals surface area contributed by atoms with Gasteiger partial charge in [-0.2, -0.15) is 0 Å². The predicted molar refractivity (Wildman–Crippen MR) is 179 cm³/mol. The molecule has 1 aliphatic rings. The van der Waals surface area contributed by atoms with Crippen LogP contribution in [0.2, 0.25) is 10.0 Å². The molecule has 0 aliphatic heterocycles. The van der Waals surface area contributed by atoms with Crippen molar-refractivity contribution in [1.82, 2.24) is 10.2 Å². The van der Waals surface area contributed by atoms with Crippen LogP contribution in [0.25, 0.3) is 0 Å². The van der Waals surface area contributed by atoms with Gasteiger partial charge in [-0.3, -0.25) is 13.9 Å². The highest BCUT2D eigenvalue weighted by atomic mass is 35.5. The van der Waals surface area contributed by atoms with E-state index >= 15 is 0 Å². The molecule has 3 aromatic rings. The molecule has 44 heavy (non-hydrogen) atoms. The van der Waals surface area contributed by atoms with Crippen LogP contribution in [0.3, 0.4) is 0 Å². The van der Waals surface area contributed by atoms with Gasteiger partial charge >= 0.3 is 0 Å². The van der Waals surface area contributed by atoms with E-state index in [0.29, 0.717) is 21.3 Å². The van der Waals surface area contributed by atoms with Crippen molar-refractivity contribution in [2.75, 3.05) is 17.1 Å². The molecule has 0 heterocycles. The van der Waals surface area contributed by atoms with Crippen LogP contribution in [-0.4, -0.2) is 50.0 Å². The molecule has 7 nitrogen and oxygen atoms in total. The van der Waals surface area contributed by atoms with Crippen LogP contribution in [0.1, 0.15) is 68.6 Å². The average Bonchev–Trinajstić information content (AvgIpc) is 2.99. The SMILES string of the molecule is CC(C)c1ccc(N(CC(=O)N(Cc2c(Cl)cccc2Cl)[C@H](Cc2ccccc2)C(=O)NC2CCCCC2)S(C)(=O)=O)cc1. The summed E-state index contributed by atoms with van der Waals surface area (Å²) in [5.74, 6) is -0.571. The first-order chi connectivity index (χ1) is 20.9. The number of sulfonamides is 1. The van der Waals surface area contributed by atoms with Gasteiger partial charge in [-0.15, -0.1) is 0 Å². The van der Waals surface area contributed by atoms with E-state index in [1.807, 2.05) is 42.5 Å². The molecule has 0 unspecified atom stereocenters. The van der Waals surface area contributed by atoms with E-state index in [0.717, 1.165) is 53.8 Å². The number of nitrogens with one attached hydrogen (secondary N) is 1. The summed E-state index contributed by atoms with van der Waals surface area (Å²) in [5.41, 5.74) is 2.77. The molecule has 0 bridgehead atoms. The second-order valence-electron chi connectivity index (χ2n) is 11.8. The second-order valence-corrected chi connectivity index (χ2v) is 14.5. The van der Waals surface area contributed by atoms with E-state index in [1.54, 1.807) is 30.3 Å². The standard InChI is InChI=1S/C34H41Cl2N3O4S/c1-24(2)26-17-19-28(20-18-26)39(44(3,42)43)23-33(40)38(22-29-30(35)15-10-16-31(29)36)32(21-25-11-6-4-7-12-25)34(41)37-27-13-8-5-9-14-27/h4,6-7,10-12,15-20,24,27,32H,5,8-9,13-14,21-23H2,1-3H3,(H,37,41)/t32-/m1/s1. The molecule has 1 fully saturated rings. The Bertz CT molecular complexity index is 1510. The molecule has 1 saturated carbocycles. The van der Waals surface area contributed by atoms with Crippen molar-refractivity contribution in [1.29, 1.82) is 0 Å². The van der Waals surface area contributed by atoms with Crippen LogP contribution in [0.5, 0.6) is 0 Å². The van der Waals surface area contributed by atoms with Crippen LogP contribution in [0, 0.1) is 0 Å². The molecule has 0 aromatic heterocycles. The van der Waals surface area contributed by atoms with Crippen molar-refractivity contribution in [3.63, 3.8) is 0 Å². The number of hydrogen-bond acceptors (Lipinski definition) is 4. The Morgan fingerprint density at radius 3 is 2.07 bits per heavy atom. The topological polar surface area (TPSA) is 86.8 Å². The molecule has 3 aromatic carbocycles. The number of benzene rings is 3. The maximum Gasteiger partial charge on any atom is 0.244 e. The smallest absolute Gasteiger partial charge is 0.244 e. The lowest BCUT2D eigenvalue weighted by Gasteiger charge is -2.35. The first kappa shape index (κ1) is 33.8. The molecule has 0 radical (unpaired) electrons. The Kier molecular flexibility index (Phi) is 11.7. The third-order valence-corrected chi connectivity index (χ3v) is 9.99. The molecule has 2 amide bonds. The number of carbonyl (C=O) groups is 2. The van der Waals surface area contributed by atoms with Crippen molar-refractivity contribution >= 4 is 50.7 Å². The zero-order valence-electron chi connectivity index (χ0n) is 25.5. The minimum atomic E-state index is -3.86. The minimum absolute atomic E-state index is 0.0161. The number of rotatable bonds is 12. The van der Waals surface area contributed by atoms with E-state index in [2.05, 4.69) is 19.2 Å². The van der Waals surface area contributed by atoms with Crippen LogP contribution in [0.15, 0.2) is 72.8 Å². The number of hydrogen-bond donors (Lipinski definition) is 1. The van der Waals surface area contributed by atoms with Crippen molar-refractivity contribution in [3.8, 4) is 0 Å². The fraction of sp³-hybridized carbons (Fsp3) is 0.412. The minimum Gasteiger partial charge on any atom is -0.352 e. The Morgan fingerprint density at radius 1 is 0.886 bits per heavy atom. The lowest BCUT2D eigenvalue weighted by atomic mass is 9.94. The zero-order chi connectivity index (χ0) is 31.9. The lowest BCUT2D eigenvalue weighted by Crippen LogP contribution is -2.55. The highest BCUT2D eigenvalue weighted by Gasteiger charge is 2.34. The Labute approximate surface area is 271 Å². The van der Waals surface area contributed by atoms with Gasteiger partial charge in [0.25, 0.3) is 0 Å². The van der Waals surface area contributed by atoms with Crippen molar-refractivity contribution in [3.05, 3.63) is 99.5 Å². The van der Waals surface area contributed by atoms with Gasteiger partial charge in [0.15, 0.2) is 0 Å². The van der Waals surface area contributed by atoms with Gasteiger partial charge < -0.3 is 10.2 Å². The summed E-state index contributed by atoms with van der Waals surface area (Å²) >= 11 is 13.1. The number of halogens is 2. The van der Waals surface area contributed by atoms with E-state index in [1.165, 1.54) is 4.90 Å². The first-order valence-electron chi connectivity index (χ1n) is 15.1. The average molecular weight is 659 g/mol. The summed E-state index contributed by atoms with van der Waals surface area (Å²) in [6, 6.07) is 20.8. The molecule has 1 N–H and O–H groups in total. The van der Waals surface area contributed by atoms with Crippen LogP contribution in [-0.2, 0) is 32.6 Å². The summed E-state index contributed by atoms with van der Waals surface area (Å²) in [7, 11) is -3.86. The number of anilines is 1. The van der Waals surface area contributed by atoms with Gasteiger partial charge in [0, 0.05) is 34.6 Å². The fourth-order valence-electron chi connectivity index (χ4n) is 5.59. The van der Waals surface area contributed by atoms with Gasteiger partial charge in [-0.05, 0) is 54.2 Å². The van der Waals surface area contributed by atoms with Gasteiger partial charge in [0.2, 0.25) is 21.8 Å². The van der Waals surface area contributed by atoms with Crippen molar-refractivity contribution < 1.29 is 18.0 Å². The van der Waals surface area contributed by atoms with Gasteiger partial charge in [-0.25, -0.2) is 8.42 Å². The Hall–Kier alpha value is -3.07. The molecule has 1 atom stereocenters. The van der Waals surface area contributed by atoms with Crippen LogP contribution in [0.4, 0.5) is 5.69 Å². The monoisotopic (exact) mass is 657 g/mol. The van der Waals surface area contributed by atoms with Crippen molar-refractivity contribution in [2.45, 2.75) is 76.9 Å². The van der Waals surface area contributed by atoms with E-state index < -0.39 is 28.5 Å². The lowest BCUT2D eigenvalue weighted by molar-refractivity contribution is -0.140. The molecular formula is C34H41Cl2N3O4S. The highest BCUT2D eigenvalue weighted by molar-refractivity contribution is 7.92. The molecule has 236 valence electrons. The number of amides is 2. The third kappa shape index (κ3) is 8.99. The molecule has 0 spiro atoms. The van der Waals surface area contributed by atoms with E-state index in [4.69, 9.17) is 23.2 Å². The maximum atomic E-state index is 14.4. The second kappa shape index (κ2) is 15.3. The summed E-state index contributed by atoms with van der Waals surface area (Å²) in [4.78, 5) is 29.9. The van der Waals surface area contributed by atoms with Crippen molar-refractivity contribution in [2.24, 2.45) is 0 Å². The van der Waals surface area contributed by atoms with Gasteiger partial charge in [0.1, 0.15) is 12.6 Å².